The summed E-state index contributed by atoms with van der Waals surface area (Å²) in [5.74, 6) is -2.50. The van der Waals surface area contributed by atoms with Gasteiger partial charge in [0, 0.05) is 17.5 Å². The van der Waals surface area contributed by atoms with E-state index in [0.717, 1.165) is 12.1 Å². The Bertz CT molecular complexity index is 809. The second-order valence-electron chi connectivity index (χ2n) is 5.60. The van der Waals surface area contributed by atoms with E-state index in [1.54, 1.807) is 13.8 Å². The minimum absolute atomic E-state index is 0.00775. The molecule has 1 fully saturated rings. The molecule has 1 aliphatic rings. The van der Waals surface area contributed by atoms with Crippen LogP contribution in [0.5, 0.6) is 0 Å². The van der Waals surface area contributed by atoms with Crippen molar-refractivity contribution in [3.8, 4) is 0 Å². The van der Waals surface area contributed by atoms with Crippen LogP contribution in [0.3, 0.4) is 0 Å². The van der Waals surface area contributed by atoms with E-state index in [2.05, 4.69) is 15.3 Å². The molecule has 0 bridgehead atoms. The molecule has 1 saturated heterocycles. The van der Waals surface area contributed by atoms with Crippen LogP contribution in [0.2, 0.25) is 0 Å². The highest BCUT2D eigenvalue weighted by atomic mass is 19.2. The van der Waals surface area contributed by atoms with Crippen LogP contribution in [-0.2, 0) is 9.59 Å². The molecule has 1 atom stereocenters. The summed E-state index contributed by atoms with van der Waals surface area (Å²) in [6.07, 6.45) is 1.18. The first-order valence-corrected chi connectivity index (χ1v) is 7.10. The molecule has 0 spiro atoms. The fourth-order valence-corrected chi connectivity index (χ4v) is 2.64. The number of rotatable bonds is 3. The van der Waals surface area contributed by atoms with Gasteiger partial charge >= 0.3 is 0 Å². The number of benzene rings is 1. The summed E-state index contributed by atoms with van der Waals surface area (Å²) >= 11 is 0. The molecule has 1 N–H and O–H groups in total. The Morgan fingerprint density at radius 2 is 1.91 bits per heavy atom. The van der Waals surface area contributed by atoms with Gasteiger partial charge in [-0.05, 0) is 19.9 Å². The van der Waals surface area contributed by atoms with Crippen LogP contribution in [0.4, 0.5) is 14.6 Å². The summed E-state index contributed by atoms with van der Waals surface area (Å²) < 4.78 is 26.7. The minimum Gasteiger partial charge on any atom is -0.357 e. The van der Waals surface area contributed by atoms with Crippen molar-refractivity contribution in [2.75, 3.05) is 5.32 Å². The molecule has 1 aromatic carbocycles. The summed E-state index contributed by atoms with van der Waals surface area (Å²) in [7, 11) is 0. The fourth-order valence-electron chi connectivity index (χ4n) is 2.64. The number of aromatic nitrogens is 2. The largest absolute Gasteiger partial charge is 0.357 e. The smallest absolute Gasteiger partial charge is 0.252 e. The number of halogens is 2. The van der Waals surface area contributed by atoms with E-state index in [0.29, 0.717) is 0 Å². The third-order valence-corrected chi connectivity index (χ3v) is 3.69. The second-order valence-corrected chi connectivity index (χ2v) is 5.60. The molecular formula is C15H14F2N4O2. The van der Waals surface area contributed by atoms with Crippen LogP contribution in [0.1, 0.15) is 20.3 Å². The zero-order valence-corrected chi connectivity index (χ0v) is 12.5. The number of anilines is 1. The molecule has 2 amide bonds. The number of imide groups is 1. The predicted octanol–water partition coefficient (Wildman–Crippen LogP) is 1.86. The molecule has 2 aromatic rings. The number of carbonyl (C=O) groups excluding carboxylic acids is 2. The number of carbonyl (C=O) groups is 2. The van der Waals surface area contributed by atoms with Gasteiger partial charge in [0.15, 0.2) is 11.6 Å². The maximum Gasteiger partial charge on any atom is 0.252 e. The maximum atomic E-state index is 13.5. The highest BCUT2D eigenvalue weighted by Crippen LogP contribution is 2.25. The van der Waals surface area contributed by atoms with Gasteiger partial charge in [-0.15, -0.1) is 0 Å². The van der Waals surface area contributed by atoms with Crippen molar-refractivity contribution in [2.45, 2.75) is 32.4 Å². The van der Waals surface area contributed by atoms with Crippen molar-refractivity contribution in [1.29, 1.82) is 0 Å². The number of nitrogens with zero attached hydrogens (tertiary/aromatic N) is 3. The Balaban J connectivity index is 1.95. The zero-order chi connectivity index (χ0) is 16.7. The lowest BCUT2D eigenvalue weighted by molar-refractivity contribution is -0.140. The van der Waals surface area contributed by atoms with Crippen LogP contribution in [0.25, 0.3) is 10.9 Å². The normalized spacial score (nSPS) is 18.3. The molecule has 0 radical (unpaired) electrons. The standard InChI is InChI=1S/C15H14F2N4O2/c1-7(2)21-13(22)5-12(15(21)23)20-14-8-3-9(16)10(17)4-11(8)18-6-19-14/h3-4,6-7,12H,5H2,1-2H3,(H,18,19,20). The van der Waals surface area contributed by atoms with Gasteiger partial charge in [0.2, 0.25) is 5.91 Å². The van der Waals surface area contributed by atoms with Crippen LogP contribution in [-0.4, -0.2) is 38.8 Å². The Morgan fingerprint density at radius 3 is 2.57 bits per heavy atom. The number of amides is 2. The van der Waals surface area contributed by atoms with Gasteiger partial charge in [0.05, 0.1) is 11.9 Å². The van der Waals surface area contributed by atoms with Gasteiger partial charge in [-0.1, -0.05) is 0 Å². The van der Waals surface area contributed by atoms with Crippen LogP contribution in [0, 0.1) is 11.6 Å². The van der Waals surface area contributed by atoms with Crippen molar-refractivity contribution in [2.24, 2.45) is 0 Å². The summed E-state index contributed by atoms with van der Waals surface area (Å²) in [4.78, 5) is 33.2. The maximum absolute atomic E-state index is 13.5. The third kappa shape index (κ3) is 2.60. The topological polar surface area (TPSA) is 75.2 Å². The Morgan fingerprint density at radius 1 is 1.22 bits per heavy atom. The summed E-state index contributed by atoms with van der Waals surface area (Å²) in [6.45, 7) is 3.49. The molecule has 2 heterocycles. The van der Waals surface area contributed by atoms with Crippen molar-refractivity contribution in [3.63, 3.8) is 0 Å². The average molecular weight is 320 g/mol. The monoisotopic (exact) mass is 320 g/mol. The van der Waals surface area contributed by atoms with Gasteiger partial charge in [-0.3, -0.25) is 14.5 Å². The molecule has 0 aliphatic carbocycles. The lowest BCUT2D eigenvalue weighted by Crippen LogP contribution is -2.39. The molecule has 8 heteroatoms. The summed E-state index contributed by atoms with van der Waals surface area (Å²) in [5, 5.41) is 3.09. The molecule has 1 aromatic heterocycles. The van der Waals surface area contributed by atoms with Gasteiger partial charge < -0.3 is 5.32 Å². The number of nitrogens with one attached hydrogen (secondary N) is 1. The van der Waals surface area contributed by atoms with E-state index in [1.165, 1.54) is 11.2 Å². The summed E-state index contributed by atoms with van der Waals surface area (Å²) in [6, 6.07) is 0.903. The number of hydrogen-bond donors (Lipinski definition) is 1. The predicted molar refractivity (Wildman–Crippen MR) is 78.5 cm³/mol. The van der Waals surface area contributed by atoms with Crippen molar-refractivity contribution >= 4 is 28.5 Å². The molecule has 6 nitrogen and oxygen atoms in total. The highest BCUT2D eigenvalue weighted by molar-refractivity contribution is 6.07. The molecular weight excluding hydrogens is 306 g/mol. The van der Waals surface area contributed by atoms with E-state index in [9.17, 15) is 18.4 Å². The first-order chi connectivity index (χ1) is 10.9. The van der Waals surface area contributed by atoms with Gasteiger partial charge in [0.25, 0.3) is 5.91 Å². The fraction of sp³-hybridized carbons (Fsp3) is 0.333. The van der Waals surface area contributed by atoms with Gasteiger partial charge in [-0.25, -0.2) is 18.7 Å². The van der Waals surface area contributed by atoms with Crippen LogP contribution < -0.4 is 5.32 Å². The molecule has 120 valence electrons. The SMILES string of the molecule is CC(C)N1C(=O)CC(Nc2ncnc3cc(F)c(F)cc23)C1=O. The Kier molecular flexibility index (Phi) is 3.67. The minimum atomic E-state index is -1.03. The Hall–Kier alpha value is -2.64. The zero-order valence-electron chi connectivity index (χ0n) is 12.5. The first-order valence-electron chi connectivity index (χ1n) is 7.10. The number of hydrogen-bond acceptors (Lipinski definition) is 5. The van der Waals surface area contributed by atoms with Crippen LogP contribution >= 0.6 is 0 Å². The lowest BCUT2D eigenvalue weighted by atomic mass is 10.2. The van der Waals surface area contributed by atoms with E-state index < -0.39 is 17.7 Å². The van der Waals surface area contributed by atoms with Crippen LogP contribution in [0.15, 0.2) is 18.5 Å². The van der Waals surface area contributed by atoms with Gasteiger partial charge in [0.1, 0.15) is 18.2 Å². The average Bonchev–Trinajstić information content (AvgIpc) is 2.75. The third-order valence-electron chi connectivity index (χ3n) is 3.69. The first kappa shape index (κ1) is 15.3. The van der Waals surface area contributed by atoms with E-state index in [-0.39, 0.29) is 41.0 Å². The molecule has 1 aliphatic heterocycles. The molecule has 1 unspecified atom stereocenters. The second kappa shape index (κ2) is 5.53. The van der Waals surface area contributed by atoms with Crippen molar-refractivity contribution < 1.29 is 18.4 Å². The lowest BCUT2D eigenvalue weighted by Gasteiger charge is -2.19. The van der Waals surface area contributed by atoms with E-state index in [4.69, 9.17) is 0 Å². The van der Waals surface area contributed by atoms with Gasteiger partial charge in [-0.2, -0.15) is 0 Å². The van der Waals surface area contributed by atoms with E-state index >= 15 is 0 Å². The quantitative estimate of drug-likeness (QED) is 0.874. The van der Waals surface area contributed by atoms with Crippen molar-refractivity contribution in [3.05, 3.63) is 30.1 Å². The molecule has 23 heavy (non-hydrogen) atoms. The summed E-state index contributed by atoms with van der Waals surface area (Å²) in [5.41, 5.74) is 0.207. The Labute approximate surface area is 130 Å². The number of fused-ring (bicyclic) bond motifs is 1. The number of likely N-dealkylation sites (tertiary alicyclic amines) is 1. The van der Waals surface area contributed by atoms with E-state index in [1.807, 2.05) is 0 Å². The molecule has 3 rings (SSSR count). The molecule has 0 saturated carbocycles. The highest BCUT2D eigenvalue weighted by Gasteiger charge is 2.40. The van der Waals surface area contributed by atoms with Crippen molar-refractivity contribution in [1.82, 2.24) is 14.9 Å².